The van der Waals surface area contributed by atoms with Gasteiger partial charge in [-0.25, -0.2) is 0 Å². The quantitative estimate of drug-likeness (QED) is 0.798. The van der Waals surface area contributed by atoms with Crippen LogP contribution in [0.4, 0.5) is 0 Å². The number of halogens is 1. The van der Waals surface area contributed by atoms with E-state index in [2.05, 4.69) is 19.2 Å². The van der Waals surface area contributed by atoms with Crippen LogP contribution in [-0.4, -0.2) is 42.9 Å². The van der Waals surface area contributed by atoms with Gasteiger partial charge in [-0.05, 0) is 23.8 Å². The van der Waals surface area contributed by atoms with Crippen molar-refractivity contribution in [1.29, 1.82) is 0 Å². The zero-order valence-corrected chi connectivity index (χ0v) is 14.3. The maximum Gasteiger partial charge on any atom is 0.261 e. The molecule has 0 fully saturated rings. The first-order chi connectivity index (χ1) is 9.41. The highest BCUT2D eigenvalue weighted by Crippen LogP contribution is 2.07. The Balaban J connectivity index is 0.00000400. The fourth-order valence-corrected chi connectivity index (χ4v) is 2.23. The van der Waals surface area contributed by atoms with E-state index >= 15 is 0 Å². The molecule has 1 heterocycles. The van der Waals surface area contributed by atoms with Crippen LogP contribution in [0.1, 0.15) is 29.9 Å². The van der Waals surface area contributed by atoms with Gasteiger partial charge >= 0.3 is 0 Å². The predicted molar refractivity (Wildman–Crippen MR) is 89.0 cm³/mol. The molecular formula is C14H24ClN3O2S. The van der Waals surface area contributed by atoms with Crippen LogP contribution in [0.25, 0.3) is 0 Å². The standard InChI is InChI=1S/C14H23N3O2S.ClH/c1-10(2)11(15)6-7-17(3)13(18)9-16-14(19)12-5-4-8-20-12;/h4-5,8,10-11H,6-7,9,15H2,1-3H3,(H,16,19);1H. The van der Waals surface area contributed by atoms with Gasteiger partial charge in [-0.3, -0.25) is 9.59 Å². The normalized spacial score (nSPS) is 11.7. The van der Waals surface area contributed by atoms with Crippen molar-refractivity contribution in [2.45, 2.75) is 26.3 Å². The molecule has 1 aromatic rings. The van der Waals surface area contributed by atoms with Crippen molar-refractivity contribution < 1.29 is 9.59 Å². The molecule has 3 N–H and O–H groups in total. The van der Waals surface area contributed by atoms with E-state index in [1.165, 1.54) is 11.3 Å². The van der Waals surface area contributed by atoms with Crippen molar-refractivity contribution >= 4 is 35.6 Å². The Morgan fingerprint density at radius 1 is 1.43 bits per heavy atom. The summed E-state index contributed by atoms with van der Waals surface area (Å²) in [5.74, 6) is 0.0866. The minimum Gasteiger partial charge on any atom is -0.344 e. The average molecular weight is 334 g/mol. The van der Waals surface area contributed by atoms with Crippen molar-refractivity contribution in [2.75, 3.05) is 20.1 Å². The van der Waals surface area contributed by atoms with Crippen LogP contribution in [0.2, 0.25) is 0 Å². The Bertz CT molecular complexity index is 437. The van der Waals surface area contributed by atoms with E-state index in [1.54, 1.807) is 24.1 Å². The van der Waals surface area contributed by atoms with E-state index in [4.69, 9.17) is 5.73 Å². The summed E-state index contributed by atoms with van der Waals surface area (Å²) in [7, 11) is 1.73. The number of nitrogens with two attached hydrogens (primary N) is 1. The van der Waals surface area contributed by atoms with Gasteiger partial charge in [0.1, 0.15) is 0 Å². The first-order valence-corrected chi connectivity index (χ1v) is 7.61. The van der Waals surface area contributed by atoms with Gasteiger partial charge in [-0.2, -0.15) is 0 Å². The number of thiophene rings is 1. The number of nitrogens with one attached hydrogen (secondary N) is 1. The van der Waals surface area contributed by atoms with Crippen LogP contribution in [0.5, 0.6) is 0 Å². The largest absolute Gasteiger partial charge is 0.344 e. The van der Waals surface area contributed by atoms with E-state index in [-0.39, 0.29) is 36.8 Å². The molecule has 0 saturated carbocycles. The smallest absolute Gasteiger partial charge is 0.261 e. The molecule has 0 radical (unpaired) electrons. The first-order valence-electron chi connectivity index (χ1n) is 6.73. The first kappa shape index (κ1) is 19.9. The van der Waals surface area contributed by atoms with Crippen LogP contribution >= 0.6 is 23.7 Å². The zero-order chi connectivity index (χ0) is 15.1. The lowest BCUT2D eigenvalue weighted by Gasteiger charge is -2.21. The number of hydrogen-bond acceptors (Lipinski definition) is 4. The van der Waals surface area contributed by atoms with E-state index in [9.17, 15) is 9.59 Å². The molecule has 0 saturated heterocycles. The topological polar surface area (TPSA) is 75.4 Å². The highest BCUT2D eigenvalue weighted by atomic mass is 35.5. The Kier molecular flexibility index (Phi) is 9.24. The van der Waals surface area contributed by atoms with Crippen LogP contribution in [0.3, 0.4) is 0 Å². The SMILES string of the molecule is CC(C)C(N)CCN(C)C(=O)CNC(=O)c1cccs1.Cl. The highest BCUT2D eigenvalue weighted by molar-refractivity contribution is 7.12. The lowest BCUT2D eigenvalue weighted by molar-refractivity contribution is -0.128. The van der Waals surface area contributed by atoms with Crippen molar-refractivity contribution in [3.63, 3.8) is 0 Å². The molecule has 0 aliphatic heterocycles. The fourth-order valence-electron chi connectivity index (χ4n) is 1.59. The molecule has 1 unspecified atom stereocenters. The molecule has 7 heteroatoms. The molecule has 0 bridgehead atoms. The van der Waals surface area contributed by atoms with Crippen LogP contribution in [0, 0.1) is 5.92 Å². The van der Waals surface area contributed by atoms with Gasteiger partial charge in [0.05, 0.1) is 11.4 Å². The maximum absolute atomic E-state index is 11.9. The molecule has 120 valence electrons. The summed E-state index contributed by atoms with van der Waals surface area (Å²) in [6.45, 7) is 4.75. The zero-order valence-electron chi connectivity index (χ0n) is 12.7. The monoisotopic (exact) mass is 333 g/mol. The van der Waals surface area contributed by atoms with Gasteiger partial charge in [0.25, 0.3) is 5.91 Å². The van der Waals surface area contributed by atoms with Crippen LogP contribution < -0.4 is 11.1 Å². The van der Waals surface area contributed by atoms with Gasteiger partial charge in [0, 0.05) is 19.6 Å². The molecule has 0 aliphatic carbocycles. The summed E-state index contributed by atoms with van der Waals surface area (Å²) in [6, 6.07) is 3.63. The third kappa shape index (κ3) is 6.93. The summed E-state index contributed by atoms with van der Waals surface area (Å²) < 4.78 is 0. The molecule has 0 spiro atoms. The number of amides is 2. The van der Waals surface area contributed by atoms with E-state index in [1.807, 2.05) is 5.38 Å². The second kappa shape index (κ2) is 9.76. The van der Waals surface area contributed by atoms with Crippen LogP contribution in [0.15, 0.2) is 17.5 Å². The second-order valence-corrected chi connectivity index (χ2v) is 6.12. The Morgan fingerprint density at radius 3 is 2.62 bits per heavy atom. The molecule has 2 amide bonds. The van der Waals surface area contributed by atoms with Gasteiger partial charge in [0.2, 0.25) is 5.91 Å². The molecule has 1 rings (SSSR count). The second-order valence-electron chi connectivity index (χ2n) is 5.17. The molecule has 21 heavy (non-hydrogen) atoms. The maximum atomic E-state index is 11.9. The summed E-state index contributed by atoms with van der Waals surface area (Å²) in [4.78, 5) is 25.8. The number of carbonyl (C=O) groups is 2. The molecule has 0 aliphatic rings. The number of rotatable bonds is 7. The van der Waals surface area contributed by atoms with Crippen LogP contribution in [-0.2, 0) is 4.79 Å². The van der Waals surface area contributed by atoms with E-state index in [0.29, 0.717) is 17.3 Å². The molecule has 5 nitrogen and oxygen atoms in total. The Hall–Kier alpha value is -1.11. The average Bonchev–Trinajstić information content (AvgIpc) is 2.95. The van der Waals surface area contributed by atoms with E-state index in [0.717, 1.165) is 6.42 Å². The van der Waals surface area contributed by atoms with E-state index < -0.39 is 0 Å². The summed E-state index contributed by atoms with van der Waals surface area (Å²) >= 11 is 1.35. The predicted octanol–water partition coefficient (Wildman–Crippen LogP) is 1.73. The fraction of sp³-hybridized carbons (Fsp3) is 0.571. The van der Waals surface area contributed by atoms with Crippen molar-refractivity contribution in [3.05, 3.63) is 22.4 Å². The minimum absolute atomic E-state index is 0. The molecule has 0 aromatic carbocycles. The van der Waals surface area contributed by atoms with Gasteiger partial charge < -0.3 is 16.0 Å². The van der Waals surface area contributed by atoms with Gasteiger partial charge in [-0.15, -0.1) is 23.7 Å². The minimum atomic E-state index is -0.208. The van der Waals surface area contributed by atoms with Crippen molar-refractivity contribution in [1.82, 2.24) is 10.2 Å². The summed E-state index contributed by atoms with van der Waals surface area (Å²) in [5.41, 5.74) is 5.94. The number of nitrogens with zero attached hydrogens (tertiary/aromatic N) is 1. The summed E-state index contributed by atoms with van der Waals surface area (Å²) in [6.07, 6.45) is 0.763. The lowest BCUT2D eigenvalue weighted by Crippen LogP contribution is -2.40. The van der Waals surface area contributed by atoms with Crippen molar-refractivity contribution in [3.8, 4) is 0 Å². The Morgan fingerprint density at radius 2 is 2.10 bits per heavy atom. The lowest BCUT2D eigenvalue weighted by atomic mass is 10.0. The summed E-state index contributed by atoms with van der Waals surface area (Å²) in [5, 5.41) is 4.45. The third-order valence-electron chi connectivity index (χ3n) is 3.23. The van der Waals surface area contributed by atoms with Gasteiger partial charge in [0.15, 0.2) is 0 Å². The number of carbonyl (C=O) groups excluding carboxylic acids is 2. The number of hydrogen-bond donors (Lipinski definition) is 2. The molecular weight excluding hydrogens is 310 g/mol. The molecule has 1 aromatic heterocycles. The number of likely N-dealkylation sites (N-methyl/N-ethyl adjacent to an activating group) is 1. The third-order valence-corrected chi connectivity index (χ3v) is 4.09. The highest BCUT2D eigenvalue weighted by Gasteiger charge is 2.14. The molecule has 1 atom stereocenters. The Labute approximate surface area is 136 Å². The van der Waals surface area contributed by atoms with Gasteiger partial charge in [-0.1, -0.05) is 19.9 Å². The van der Waals surface area contributed by atoms with Crippen molar-refractivity contribution in [2.24, 2.45) is 11.7 Å².